The van der Waals surface area contributed by atoms with Crippen LogP contribution in [0.15, 0.2) is 52.3 Å². The zero-order chi connectivity index (χ0) is 15.0. The van der Waals surface area contributed by atoms with Crippen LogP contribution in [0.25, 0.3) is 6.08 Å². The van der Waals surface area contributed by atoms with Crippen LogP contribution >= 0.6 is 0 Å². The summed E-state index contributed by atoms with van der Waals surface area (Å²) in [5.41, 5.74) is 0.438. The molecule has 0 aromatic heterocycles. The molecule has 3 rings (SSSR count). The van der Waals surface area contributed by atoms with Gasteiger partial charge in [-0.3, -0.25) is 0 Å². The summed E-state index contributed by atoms with van der Waals surface area (Å²) in [4.78, 5) is 0.255. The van der Waals surface area contributed by atoms with E-state index in [1.807, 2.05) is 0 Å². The van der Waals surface area contributed by atoms with E-state index in [1.54, 1.807) is 0 Å². The van der Waals surface area contributed by atoms with Crippen LogP contribution in [0.1, 0.15) is 5.56 Å². The Morgan fingerprint density at radius 1 is 1.10 bits per heavy atom. The van der Waals surface area contributed by atoms with E-state index in [-0.39, 0.29) is 22.2 Å². The number of hydrogen-bond donors (Lipinski definition) is 1. The SMILES string of the molecule is O=S1(=O)C(COc2ccc(F)cc2)=Cc2cc(O)ccc21. The first-order valence-electron chi connectivity index (χ1n) is 6.14. The van der Waals surface area contributed by atoms with Gasteiger partial charge in [0.2, 0.25) is 9.84 Å². The minimum atomic E-state index is -3.59. The van der Waals surface area contributed by atoms with E-state index in [1.165, 1.54) is 48.5 Å². The van der Waals surface area contributed by atoms with E-state index in [0.29, 0.717) is 11.3 Å². The lowest BCUT2D eigenvalue weighted by molar-refractivity contribution is 0.358. The van der Waals surface area contributed by atoms with E-state index < -0.39 is 15.7 Å². The van der Waals surface area contributed by atoms with Crippen molar-refractivity contribution in [3.05, 3.63) is 58.8 Å². The molecule has 0 spiro atoms. The van der Waals surface area contributed by atoms with E-state index in [0.717, 1.165) is 0 Å². The van der Waals surface area contributed by atoms with Crippen LogP contribution in [0.3, 0.4) is 0 Å². The summed E-state index contributed by atoms with van der Waals surface area (Å²) in [5, 5.41) is 9.40. The molecule has 0 radical (unpaired) electrons. The lowest BCUT2D eigenvalue weighted by Gasteiger charge is -2.07. The van der Waals surface area contributed by atoms with Crippen molar-refractivity contribution in [1.82, 2.24) is 0 Å². The summed E-state index contributed by atoms with van der Waals surface area (Å²) in [6.07, 6.45) is 1.47. The monoisotopic (exact) mass is 306 g/mol. The number of phenolic OH excluding ortho intramolecular Hbond substituents is 1. The highest BCUT2D eigenvalue weighted by Crippen LogP contribution is 2.34. The number of phenols is 1. The molecule has 1 aliphatic rings. The van der Waals surface area contributed by atoms with Gasteiger partial charge in [-0.2, -0.15) is 0 Å². The highest BCUT2D eigenvalue weighted by Gasteiger charge is 2.30. The third-order valence-corrected chi connectivity index (χ3v) is 5.02. The second-order valence-corrected chi connectivity index (χ2v) is 6.55. The minimum absolute atomic E-state index is 0.000836. The normalized spacial score (nSPS) is 15.4. The second-order valence-electron chi connectivity index (χ2n) is 4.58. The maximum Gasteiger partial charge on any atom is 0.206 e. The van der Waals surface area contributed by atoms with E-state index in [9.17, 15) is 17.9 Å². The van der Waals surface area contributed by atoms with Crippen molar-refractivity contribution in [1.29, 1.82) is 0 Å². The highest BCUT2D eigenvalue weighted by atomic mass is 32.2. The van der Waals surface area contributed by atoms with Crippen LogP contribution in [0, 0.1) is 5.82 Å². The highest BCUT2D eigenvalue weighted by molar-refractivity contribution is 7.95. The minimum Gasteiger partial charge on any atom is -0.508 e. The summed E-state index contributed by atoms with van der Waals surface area (Å²) >= 11 is 0. The molecule has 0 atom stereocenters. The first kappa shape index (κ1) is 13.6. The first-order valence-corrected chi connectivity index (χ1v) is 7.62. The summed E-state index contributed by atoms with van der Waals surface area (Å²) < 4.78 is 42.7. The lowest BCUT2D eigenvalue weighted by atomic mass is 10.2. The van der Waals surface area contributed by atoms with Gasteiger partial charge in [0, 0.05) is 0 Å². The fourth-order valence-corrected chi connectivity index (χ4v) is 3.54. The largest absolute Gasteiger partial charge is 0.508 e. The molecular weight excluding hydrogens is 295 g/mol. The zero-order valence-electron chi connectivity index (χ0n) is 10.8. The molecule has 1 aliphatic heterocycles. The number of ether oxygens (including phenoxy) is 1. The Labute approximate surface area is 121 Å². The molecule has 0 bridgehead atoms. The van der Waals surface area contributed by atoms with Crippen molar-refractivity contribution < 1.29 is 22.7 Å². The lowest BCUT2D eigenvalue weighted by Crippen LogP contribution is -2.08. The third-order valence-electron chi connectivity index (χ3n) is 3.14. The molecule has 21 heavy (non-hydrogen) atoms. The molecular formula is C15H11FO4S. The molecule has 0 amide bonds. The quantitative estimate of drug-likeness (QED) is 0.947. The molecule has 0 saturated carbocycles. The van der Waals surface area contributed by atoms with Gasteiger partial charge in [-0.1, -0.05) is 0 Å². The fraction of sp³-hybridized carbons (Fsp3) is 0.0667. The third kappa shape index (κ3) is 2.50. The Bertz CT molecular complexity index is 823. The first-order chi connectivity index (χ1) is 9.96. The average Bonchev–Trinajstić information content (AvgIpc) is 2.69. The van der Waals surface area contributed by atoms with Gasteiger partial charge in [0.1, 0.15) is 23.9 Å². The number of hydrogen-bond acceptors (Lipinski definition) is 4. The molecule has 4 nitrogen and oxygen atoms in total. The predicted molar refractivity (Wildman–Crippen MR) is 75.2 cm³/mol. The van der Waals surface area contributed by atoms with E-state index in [4.69, 9.17) is 4.74 Å². The van der Waals surface area contributed by atoms with Crippen LogP contribution in [-0.2, 0) is 9.84 Å². The molecule has 108 valence electrons. The topological polar surface area (TPSA) is 63.6 Å². The Balaban J connectivity index is 1.84. The summed E-state index contributed by atoms with van der Waals surface area (Å²) in [6.45, 7) is -0.149. The van der Waals surface area contributed by atoms with Crippen LogP contribution in [-0.4, -0.2) is 20.1 Å². The number of aromatic hydroxyl groups is 1. The zero-order valence-corrected chi connectivity index (χ0v) is 11.6. The molecule has 1 heterocycles. The van der Waals surface area contributed by atoms with Crippen LogP contribution in [0.4, 0.5) is 4.39 Å². The van der Waals surface area contributed by atoms with Crippen LogP contribution in [0.2, 0.25) is 0 Å². The van der Waals surface area contributed by atoms with Crippen molar-refractivity contribution in [2.24, 2.45) is 0 Å². The standard InChI is InChI=1S/C15H11FO4S/c16-11-1-4-13(5-2-11)20-9-14-8-10-7-12(17)3-6-15(10)21(14,18)19/h1-8,17H,9H2. The summed E-state index contributed by atoms with van der Waals surface area (Å²) in [6, 6.07) is 9.40. The Hall–Kier alpha value is -2.34. The molecule has 0 fully saturated rings. The van der Waals surface area contributed by atoms with E-state index >= 15 is 0 Å². The summed E-state index contributed by atoms with van der Waals surface area (Å²) in [5.74, 6) is -0.00913. The Morgan fingerprint density at radius 3 is 2.52 bits per heavy atom. The van der Waals surface area contributed by atoms with Crippen LogP contribution in [0.5, 0.6) is 11.5 Å². The molecule has 0 unspecified atom stereocenters. The number of fused-ring (bicyclic) bond motifs is 1. The van der Waals surface area contributed by atoms with Crippen molar-refractivity contribution in [2.75, 3.05) is 6.61 Å². The van der Waals surface area contributed by atoms with Gasteiger partial charge in [0.15, 0.2) is 0 Å². The number of rotatable bonds is 3. The number of halogens is 1. The van der Waals surface area contributed by atoms with Crippen molar-refractivity contribution in [3.8, 4) is 11.5 Å². The maximum atomic E-state index is 12.8. The number of sulfone groups is 1. The van der Waals surface area contributed by atoms with Gasteiger partial charge in [-0.05, 0) is 54.1 Å². The van der Waals surface area contributed by atoms with Gasteiger partial charge in [0.25, 0.3) is 0 Å². The molecule has 2 aromatic carbocycles. The van der Waals surface area contributed by atoms with E-state index in [2.05, 4.69) is 0 Å². The maximum absolute atomic E-state index is 12.8. The molecule has 2 aromatic rings. The molecule has 6 heteroatoms. The smallest absolute Gasteiger partial charge is 0.206 e. The van der Waals surface area contributed by atoms with Gasteiger partial charge < -0.3 is 9.84 Å². The van der Waals surface area contributed by atoms with Gasteiger partial charge in [-0.15, -0.1) is 0 Å². The predicted octanol–water partition coefficient (Wildman–Crippen LogP) is 2.74. The van der Waals surface area contributed by atoms with Gasteiger partial charge in [-0.25, -0.2) is 12.8 Å². The molecule has 0 aliphatic carbocycles. The van der Waals surface area contributed by atoms with Gasteiger partial charge in [0.05, 0.1) is 9.80 Å². The Kier molecular flexibility index (Phi) is 3.17. The molecule has 0 saturated heterocycles. The average molecular weight is 306 g/mol. The molecule has 1 N–H and O–H groups in total. The van der Waals surface area contributed by atoms with Gasteiger partial charge >= 0.3 is 0 Å². The Morgan fingerprint density at radius 2 is 1.81 bits per heavy atom. The number of benzene rings is 2. The summed E-state index contributed by atoms with van der Waals surface area (Å²) in [7, 11) is -3.59. The van der Waals surface area contributed by atoms with Crippen molar-refractivity contribution in [2.45, 2.75) is 4.90 Å². The van der Waals surface area contributed by atoms with Crippen molar-refractivity contribution in [3.63, 3.8) is 0 Å². The van der Waals surface area contributed by atoms with Crippen molar-refractivity contribution >= 4 is 15.9 Å². The second kappa shape index (κ2) is 4.89. The fourth-order valence-electron chi connectivity index (χ4n) is 2.09. The van der Waals surface area contributed by atoms with Crippen LogP contribution < -0.4 is 4.74 Å².